The summed E-state index contributed by atoms with van der Waals surface area (Å²) in [5.41, 5.74) is 1.25. The van der Waals surface area contributed by atoms with Crippen LogP contribution in [0.5, 0.6) is 5.75 Å². The predicted molar refractivity (Wildman–Crippen MR) is 98.3 cm³/mol. The molecule has 0 atom stereocenters. The molecule has 3 aromatic rings. The van der Waals surface area contributed by atoms with E-state index in [9.17, 15) is 4.79 Å². The lowest BCUT2D eigenvalue weighted by molar-refractivity contribution is 0.0774. The third-order valence-corrected chi connectivity index (χ3v) is 4.38. The highest BCUT2D eigenvalue weighted by Crippen LogP contribution is 2.32. The number of rotatable bonds is 6. The van der Waals surface area contributed by atoms with Gasteiger partial charge in [0.25, 0.3) is 5.91 Å². The molecule has 0 unspecified atom stereocenters. The molecule has 0 aliphatic heterocycles. The zero-order valence-corrected chi connectivity index (χ0v) is 15.8. The van der Waals surface area contributed by atoms with E-state index in [1.54, 1.807) is 53.3 Å². The normalized spacial score (nSPS) is 10.8. The number of amides is 1. The summed E-state index contributed by atoms with van der Waals surface area (Å²) < 4.78 is 8.84. The summed E-state index contributed by atoms with van der Waals surface area (Å²) in [7, 11) is 3.55. The Bertz CT molecular complexity index is 901. The molecule has 0 spiro atoms. The summed E-state index contributed by atoms with van der Waals surface area (Å²) in [5, 5.41) is 9.17. The highest BCUT2D eigenvalue weighted by Gasteiger charge is 2.16. The molecule has 0 N–H and O–H groups in total. The molecule has 26 heavy (non-hydrogen) atoms. The van der Waals surface area contributed by atoms with Gasteiger partial charge in [0.2, 0.25) is 0 Å². The van der Waals surface area contributed by atoms with Crippen molar-refractivity contribution in [2.45, 2.75) is 13.3 Å². The predicted octanol–water partition coefficient (Wildman–Crippen LogP) is 3.23. The molecule has 0 saturated heterocycles. The molecule has 0 aliphatic rings. The fourth-order valence-electron chi connectivity index (χ4n) is 2.37. The molecule has 1 aromatic carbocycles. The minimum absolute atomic E-state index is 0.0855. The van der Waals surface area contributed by atoms with Gasteiger partial charge in [-0.25, -0.2) is 4.68 Å². The van der Waals surface area contributed by atoms with Crippen LogP contribution in [0.4, 0.5) is 0 Å². The van der Waals surface area contributed by atoms with E-state index in [-0.39, 0.29) is 12.6 Å². The Morgan fingerprint density at radius 1 is 1.23 bits per heavy atom. The lowest BCUT2D eigenvalue weighted by Crippen LogP contribution is -2.27. The van der Waals surface area contributed by atoms with Gasteiger partial charge in [-0.05, 0) is 24.3 Å². The lowest BCUT2D eigenvalue weighted by atomic mass is 10.3. The van der Waals surface area contributed by atoms with Crippen LogP contribution in [-0.2, 0) is 20.3 Å². The number of benzene rings is 1. The summed E-state index contributed by atoms with van der Waals surface area (Å²) >= 11 is 12.1. The van der Waals surface area contributed by atoms with Gasteiger partial charge in [-0.2, -0.15) is 10.2 Å². The van der Waals surface area contributed by atoms with Gasteiger partial charge >= 0.3 is 0 Å². The van der Waals surface area contributed by atoms with Crippen LogP contribution in [0.1, 0.15) is 16.2 Å². The first-order valence-corrected chi connectivity index (χ1v) is 8.54. The maximum absolute atomic E-state index is 12.5. The summed E-state index contributed by atoms with van der Waals surface area (Å²) in [5.74, 6) is 0.188. The molecule has 9 heteroatoms. The van der Waals surface area contributed by atoms with Crippen molar-refractivity contribution in [2.24, 2.45) is 7.05 Å². The third-order valence-electron chi connectivity index (χ3n) is 3.79. The number of hydrogen-bond acceptors (Lipinski definition) is 4. The van der Waals surface area contributed by atoms with Crippen molar-refractivity contribution >= 4 is 29.1 Å². The van der Waals surface area contributed by atoms with Crippen molar-refractivity contribution in [3.8, 4) is 5.75 Å². The minimum Gasteiger partial charge on any atom is -0.468 e. The maximum atomic E-state index is 12.5. The zero-order valence-electron chi connectivity index (χ0n) is 14.3. The van der Waals surface area contributed by atoms with Gasteiger partial charge < -0.3 is 9.64 Å². The van der Waals surface area contributed by atoms with Gasteiger partial charge in [0.05, 0.1) is 22.3 Å². The standard InChI is InChI=1S/C17H17Cl2N5O2/c1-22(10-12-6-8-20-23(12)2)17(25)15-7-9-24(21-15)11-26-16-13(18)4-3-5-14(16)19/h3-9H,10-11H2,1-2H3. The number of carbonyl (C=O) groups is 1. The first-order chi connectivity index (χ1) is 12.5. The zero-order chi connectivity index (χ0) is 18.7. The van der Waals surface area contributed by atoms with Gasteiger partial charge in [0.15, 0.2) is 18.2 Å². The summed E-state index contributed by atoms with van der Waals surface area (Å²) in [6.45, 7) is 0.524. The van der Waals surface area contributed by atoms with E-state index in [0.29, 0.717) is 28.0 Å². The number of halogens is 2. The van der Waals surface area contributed by atoms with Crippen LogP contribution in [0.25, 0.3) is 0 Å². The molecule has 136 valence electrons. The molecular formula is C17H17Cl2N5O2. The van der Waals surface area contributed by atoms with Crippen molar-refractivity contribution < 1.29 is 9.53 Å². The number of nitrogens with zero attached hydrogens (tertiary/aromatic N) is 5. The molecule has 0 saturated carbocycles. The quantitative estimate of drug-likeness (QED) is 0.644. The highest BCUT2D eigenvalue weighted by molar-refractivity contribution is 6.37. The number of para-hydroxylation sites is 1. The second-order valence-corrected chi connectivity index (χ2v) is 6.49. The molecule has 0 aliphatic carbocycles. The largest absolute Gasteiger partial charge is 0.468 e. The molecule has 2 aromatic heterocycles. The lowest BCUT2D eigenvalue weighted by Gasteiger charge is -2.15. The molecular weight excluding hydrogens is 377 g/mol. The van der Waals surface area contributed by atoms with E-state index in [4.69, 9.17) is 27.9 Å². The Morgan fingerprint density at radius 2 is 1.96 bits per heavy atom. The average molecular weight is 394 g/mol. The van der Waals surface area contributed by atoms with Crippen LogP contribution >= 0.6 is 23.2 Å². The Balaban J connectivity index is 1.63. The number of ether oxygens (including phenoxy) is 1. The minimum atomic E-state index is -0.194. The monoisotopic (exact) mass is 393 g/mol. The Morgan fingerprint density at radius 3 is 2.62 bits per heavy atom. The Kier molecular flexibility index (Phi) is 5.49. The van der Waals surface area contributed by atoms with Gasteiger partial charge in [-0.15, -0.1) is 0 Å². The van der Waals surface area contributed by atoms with Crippen molar-refractivity contribution in [2.75, 3.05) is 7.05 Å². The first-order valence-electron chi connectivity index (χ1n) is 7.78. The highest BCUT2D eigenvalue weighted by atomic mass is 35.5. The first kappa shape index (κ1) is 18.3. The summed E-state index contributed by atoms with van der Waals surface area (Å²) in [6, 6.07) is 8.62. The molecule has 3 rings (SSSR count). The van der Waals surface area contributed by atoms with E-state index in [1.165, 1.54) is 4.68 Å². The Hall–Kier alpha value is -2.51. The van der Waals surface area contributed by atoms with E-state index in [1.807, 2.05) is 13.1 Å². The molecule has 1 amide bonds. The second-order valence-electron chi connectivity index (χ2n) is 5.67. The van der Waals surface area contributed by atoms with Crippen LogP contribution in [0, 0.1) is 0 Å². The van der Waals surface area contributed by atoms with Gasteiger partial charge in [0.1, 0.15) is 0 Å². The van der Waals surface area contributed by atoms with E-state index in [0.717, 1.165) is 5.69 Å². The fourth-order valence-corrected chi connectivity index (χ4v) is 2.87. The number of aromatic nitrogens is 4. The molecule has 2 heterocycles. The fraction of sp³-hybridized carbons (Fsp3) is 0.235. The summed E-state index contributed by atoms with van der Waals surface area (Å²) in [6.07, 6.45) is 3.36. The average Bonchev–Trinajstić information content (AvgIpc) is 3.23. The molecule has 7 nitrogen and oxygen atoms in total. The van der Waals surface area contributed by atoms with Crippen molar-refractivity contribution in [1.82, 2.24) is 24.5 Å². The third kappa shape index (κ3) is 4.00. The molecule has 0 fully saturated rings. The number of hydrogen-bond donors (Lipinski definition) is 0. The van der Waals surface area contributed by atoms with Crippen molar-refractivity contribution in [3.05, 3.63) is 64.2 Å². The van der Waals surface area contributed by atoms with E-state index < -0.39 is 0 Å². The smallest absolute Gasteiger partial charge is 0.274 e. The SMILES string of the molecule is CN(Cc1ccnn1C)C(=O)c1ccn(COc2c(Cl)cccc2Cl)n1. The molecule has 0 bridgehead atoms. The second kappa shape index (κ2) is 7.80. The van der Waals surface area contributed by atoms with Crippen LogP contribution in [0.15, 0.2) is 42.7 Å². The van der Waals surface area contributed by atoms with Crippen LogP contribution in [0.3, 0.4) is 0 Å². The van der Waals surface area contributed by atoms with E-state index >= 15 is 0 Å². The Labute approximate surface area is 160 Å². The summed E-state index contributed by atoms with van der Waals surface area (Å²) in [4.78, 5) is 14.1. The van der Waals surface area contributed by atoms with Crippen LogP contribution in [0.2, 0.25) is 10.0 Å². The maximum Gasteiger partial charge on any atom is 0.274 e. The van der Waals surface area contributed by atoms with Crippen molar-refractivity contribution in [1.29, 1.82) is 0 Å². The van der Waals surface area contributed by atoms with Crippen LogP contribution < -0.4 is 4.74 Å². The van der Waals surface area contributed by atoms with Gasteiger partial charge in [0, 0.05) is 26.5 Å². The van der Waals surface area contributed by atoms with Crippen molar-refractivity contribution in [3.63, 3.8) is 0 Å². The van der Waals surface area contributed by atoms with Gasteiger partial charge in [-0.3, -0.25) is 9.48 Å². The molecule has 0 radical (unpaired) electrons. The number of carbonyl (C=O) groups excluding carboxylic acids is 1. The van der Waals surface area contributed by atoms with Crippen LogP contribution in [-0.4, -0.2) is 37.4 Å². The van der Waals surface area contributed by atoms with Gasteiger partial charge in [-0.1, -0.05) is 29.3 Å². The topological polar surface area (TPSA) is 65.2 Å². The number of aryl methyl sites for hydroxylation is 1. The van der Waals surface area contributed by atoms with E-state index in [2.05, 4.69) is 10.2 Å².